The molecule has 5 rings (SSSR count). The molecule has 0 aliphatic carbocycles. The van der Waals surface area contributed by atoms with Crippen LogP contribution in [0.15, 0.2) is 36.7 Å². The second-order valence-corrected chi connectivity index (χ2v) is 8.74. The number of halogens is 1. The molecule has 0 bridgehead atoms. The Bertz CT molecular complexity index is 1090. The van der Waals surface area contributed by atoms with Gasteiger partial charge >= 0.3 is 6.03 Å². The third kappa shape index (κ3) is 3.11. The number of urea groups is 1. The Kier molecular flexibility index (Phi) is 4.83. The predicted molar refractivity (Wildman–Crippen MR) is 115 cm³/mol. The fourth-order valence-electron chi connectivity index (χ4n) is 3.91. The minimum Gasteiger partial charge on any atom is -0.497 e. The van der Waals surface area contributed by atoms with Crippen molar-refractivity contribution in [2.75, 3.05) is 18.6 Å². The summed E-state index contributed by atoms with van der Waals surface area (Å²) in [5, 5.41) is 3.01. The van der Waals surface area contributed by atoms with Crippen LogP contribution < -0.4 is 19.7 Å². The van der Waals surface area contributed by atoms with Crippen molar-refractivity contribution in [2.24, 2.45) is 0 Å². The van der Waals surface area contributed by atoms with Crippen molar-refractivity contribution < 1.29 is 19.1 Å². The lowest BCUT2D eigenvalue weighted by molar-refractivity contribution is -0.118. The zero-order valence-corrected chi connectivity index (χ0v) is 17.6. The number of anilines is 1. The molecule has 0 saturated carbocycles. The van der Waals surface area contributed by atoms with Gasteiger partial charge in [-0.05, 0) is 37.1 Å². The highest BCUT2D eigenvalue weighted by Crippen LogP contribution is 2.45. The Morgan fingerprint density at radius 3 is 3.03 bits per heavy atom. The number of fused-ring (bicyclic) bond motifs is 2. The lowest BCUT2D eigenvalue weighted by Gasteiger charge is -2.34. The van der Waals surface area contributed by atoms with Gasteiger partial charge in [-0.1, -0.05) is 11.6 Å². The molecule has 30 heavy (non-hydrogen) atoms. The molecule has 2 aromatic rings. The van der Waals surface area contributed by atoms with E-state index in [0.29, 0.717) is 28.8 Å². The second kappa shape index (κ2) is 7.52. The van der Waals surface area contributed by atoms with Crippen LogP contribution in [0.25, 0.3) is 4.91 Å². The monoisotopic (exact) mass is 443 g/mol. The van der Waals surface area contributed by atoms with Crippen molar-refractivity contribution >= 4 is 45.9 Å². The molecule has 7 nitrogen and oxygen atoms in total. The van der Waals surface area contributed by atoms with E-state index in [1.54, 1.807) is 31.6 Å². The topological polar surface area (TPSA) is 80.8 Å². The van der Waals surface area contributed by atoms with Crippen LogP contribution >= 0.6 is 23.4 Å². The lowest BCUT2D eigenvalue weighted by atomic mass is 10.0. The largest absolute Gasteiger partial charge is 0.497 e. The number of thioether (sulfide) groups is 1. The summed E-state index contributed by atoms with van der Waals surface area (Å²) in [5.41, 5.74) is 2.10. The molecule has 1 aromatic carbocycles. The number of benzene rings is 1. The van der Waals surface area contributed by atoms with Crippen LogP contribution in [0, 0.1) is 0 Å². The van der Waals surface area contributed by atoms with Crippen LogP contribution in [0.5, 0.6) is 11.5 Å². The quantitative estimate of drug-likeness (QED) is 0.779. The van der Waals surface area contributed by atoms with Gasteiger partial charge in [0.05, 0.1) is 37.8 Å². The van der Waals surface area contributed by atoms with Crippen LogP contribution in [0.2, 0.25) is 5.02 Å². The highest BCUT2D eigenvalue weighted by atomic mass is 35.5. The van der Waals surface area contributed by atoms with Crippen molar-refractivity contribution in [3.05, 3.63) is 52.8 Å². The zero-order valence-electron chi connectivity index (χ0n) is 16.1. The number of hydrogen-bond donors (Lipinski definition) is 1. The molecule has 1 fully saturated rings. The Morgan fingerprint density at radius 2 is 2.20 bits per heavy atom. The molecule has 3 aliphatic heterocycles. The summed E-state index contributed by atoms with van der Waals surface area (Å²) in [6, 6.07) is 4.50. The summed E-state index contributed by atoms with van der Waals surface area (Å²) < 4.78 is 10.9. The first-order valence-electron chi connectivity index (χ1n) is 9.53. The Hall–Kier alpha value is -2.71. The van der Waals surface area contributed by atoms with Crippen LogP contribution in [0.4, 0.5) is 10.5 Å². The molecule has 2 unspecified atom stereocenters. The van der Waals surface area contributed by atoms with Gasteiger partial charge in [-0.15, -0.1) is 11.8 Å². The lowest BCUT2D eigenvalue weighted by Crippen LogP contribution is -2.60. The molecule has 3 aliphatic rings. The molecule has 154 valence electrons. The number of rotatable bonds is 3. The van der Waals surface area contributed by atoms with E-state index < -0.39 is 17.3 Å². The molecule has 0 spiro atoms. The van der Waals surface area contributed by atoms with E-state index in [1.165, 1.54) is 16.7 Å². The van der Waals surface area contributed by atoms with Gasteiger partial charge in [0.15, 0.2) is 0 Å². The Morgan fingerprint density at radius 1 is 1.33 bits per heavy atom. The molecule has 1 N–H and O–H groups in total. The summed E-state index contributed by atoms with van der Waals surface area (Å²) in [6.07, 6.45) is 6.62. The van der Waals surface area contributed by atoms with E-state index in [0.717, 1.165) is 28.9 Å². The smallest absolute Gasteiger partial charge is 0.329 e. The maximum atomic E-state index is 13.4. The zero-order chi connectivity index (χ0) is 20.8. The van der Waals surface area contributed by atoms with Crippen molar-refractivity contribution in [2.45, 2.75) is 24.1 Å². The normalized spacial score (nSPS) is 22.6. The summed E-state index contributed by atoms with van der Waals surface area (Å²) in [7, 11) is 1.59. The standard InChI is InChI=1S/C21H18ClN3O4S/c1-28-11-4-5-14(22)13(7-11)18-8-15-19(30-18)20(26)25(21(27)24-15)16-9-23-10-17-12(16)3-2-6-29-17/h4-5,7-10,15,19H,2-3,6H2,1H3,(H,24,27). The average molecular weight is 444 g/mol. The molecule has 4 heterocycles. The third-order valence-corrected chi connectivity index (χ3v) is 7.06. The molecule has 1 saturated heterocycles. The van der Waals surface area contributed by atoms with E-state index in [9.17, 15) is 9.59 Å². The minimum atomic E-state index is -0.486. The van der Waals surface area contributed by atoms with Gasteiger partial charge in [-0.3, -0.25) is 9.78 Å². The first-order chi connectivity index (χ1) is 14.6. The number of hydrogen-bond acceptors (Lipinski definition) is 6. The van der Waals surface area contributed by atoms with Gasteiger partial charge in [0.2, 0.25) is 0 Å². The highest BCUT2D eigenvalue weighted by molar-refractivity contribution is 8.09. The summed E-state index contributed by atoms with van der Waals surface area (Å²) >= 11 is 7.78. The molecule has 2 atom stereocenters. The number of imide groups is 1. The number of nitrogens with one attached hydrogen (secondary N) is 1. The average Bonchev–Trinajstić information content (AvgIpc) is 3.18. The fourth-order valence-corrected chi connectivity index (χ4v) is 5.48. The Labute approximate surface area is 182 Å². The van der Waals surface area contributed by atoms with E-state index in [4.69, 9.17) is 21.1 Å². The molecular formula is C21H18ClN3O4S. The van der Waals surface area contributed by atoms with Crippen LogP contribution in [-0.4, -0.2) is 41.9 Å². The first-order valence-corrected chi connectivity index (χ1v) is 10.8. The number of nitrogens with zero attached hydrogens (tertiary/aromatic N) is 2. The van der Waals surface area contributed by atoms with Gasteiger partial charge in [0, 0.05) is 21.1 Å². The minimum absolute atomic E-state index is 0.278. The van der Waals surface area contributed by atoms with Crippen molar-refractivity contribution in [1.82, 2.24) is 10.3 Å². The SMILES string of the molecule is COc1ccc(Cl)c(C2=CC3NC(=O)N(c4cncc5c4CCCO5)C(=O)C3S2)c1. The van der Waals surface area contributed by atoms with Crippen LogP contribution in [0.1, 0.15) is 17.5 Å². The molecule has 9 heteroatoms. The van der Waals surface area contributed by atoms with E-state index in [-0.39, 0.29) is 5.91 Å². The number of aromatic nitrogens is 1. The molecule has 3 amide bonds. The van der Waals surface area contributed by atoms with Crippen molar-refractivity contribution in [1.29, 1.82) is 0 Å². The van der Waals surface area contributed by atoms with Crippen LogP contribution in [-0.2, 0) is 11.2 Å². The Balaban J connectivity index is 1.47. The first kappa shape index (κ1) is 19.3. The second-order valence-electron chi connectivity index (χ2n) is 7.15. The molecule has 0 radical (unpaired) electrons. The van der Waals surface area contributed by atoms with Crippen molar-refractivity contribution in [3.63, 3.8) is 0 Å². The van der Waals surface area contributed by atoms with Crippen LogP contribution in [0.3, 0.4) is 0 Å². The van der Waals surface area contributed by atoms with Crippen molar-refractivity contribution in [3.8, 4) is 11.5 Å². The predicted octanol–water partition coefficient (Wildman–Crippen LogP) is 3.65. The van der Waals surface area contributed by atoms with E-state index >= 15 is 0 Å². The molecular weight excluding hydrogens is 426 g/mol. The van der Waals surface area contributed by atoms with Gasteiger partial charge in [0.25, 0.3) is 5.91 Å². The summed E-state index contributed by atoms with van der Waals surface area (Å²) in [5.74, 6) is 1.02. The maximum absolute atomic E-state index is 13.4. The number of pyridine rings is 1. The molecule has 1 aromatic heterocycles. The van der Waals surface area contributed by atoms with Gasteiger partial charge < -0.3 is 14.8 Å². The number of carbonyl (C=O) groups is 2. The highest BCUT2D eigenvalue weighted by Gasteiger charge is 2.46. The van der Waals surface area contributed by atoms with Gasteiger partial charge in [-0.25, -0.2) is 9.69 Å². The summed E-state index contributed by atoms with van der Waals surface area (Å²) in [6.45, 7) is 0.605. The van der Waals surface area contributed by atoms with E-state index in [2.05, 4.69) is 10.3 Å². The number of carbonyl (C=O) groups excluding carboxylic acids is 2. The fraction of sp³-hybridized carbons (Fsp3) is 0.286. The number of amides is 3. The number of methoxy groups -OCH3 is 1. The van der Waals surface area contributed by atoms with E-state index in [1.807, 2.05) is 12.1 Å². The maximum Gasteiger partial charge on any atom is 0.329 e. The van der Waals surface area contributed by atoms with Gasteiger partial charge in [-0.2, -0.15) is 0 Å². The third-order valence-electron chi connectivity index (χ3n) is 5.37. The summed E-state index contributed by atoms with van der Waals surface area (Å²) in [4.78, 5) is 32.5. The van der Waals surface area contributed by atoms with Gasteiger partial charge in [0.1, 0.15) is 16.7 Å². The number of ether oxygens (including phenoxy) is 2.